The Morgan fingerprint density at radius 3 is 1.07 bits per heavy atom. The zero-order chi connectivity index (χ0) is 22.5. The number of carbonyl (C=O) groups is 1. The van der Waals surface area contributed by atoms with E-state index in [9.17, 15) is 0 Å². The van der Waals surface area contributed by atoms with E-state index in [2.05, 4.69) is 41.5 Å². The molecule has 3 heteroatoms. The zero-order valence-corrected chi connectivity index (χ0v) is 24.6. The molecule has 2 nitrogen and oxygen atoms in total. The van der Waals surface area contributed by atoms with Crippen LogP contribution in [-0.2, 0) is 4.79 Å². The monoisotopic (exact) mass is 520 g/mol. The molecular weight excluding hydrogens is 463 g/mol. The van der Waals surface area contributed by atoms with Gasteiger partial charge in [0.2, 0.25) is 0 Å². The molecule has 1 N–H and O–H groups in total. The van der Waals surface area contributed by atoms with E-state index in [1.807, 2.05) is 0 Å². The summed E-state index contributed by atoms with van der Waals surface area (Å²) in [7, 11) is 0. The summed E-state index contributed by atoms with van der Waals surface area (Å²) in [4.78, 5) is 9.00. The van der Waals surface area contributed by atoms with E-state index in [1.54, 1.807) is 13.3 Å². The van der Waals surface area contributed by atoms with Gasteiger partial charge in [0, 0.05) is 6.92 Å². The summed E-state index contributed by atoms with van der Waals surface area (Å²) in [5.74, 6) is 2.40. The molecule has 29 heavy (non-hydrogen) atoms. The summed E-state index contributed by atoms with van der Waals surface area (Å²) in [6.45, 7) is 15.6. The van der Waals surface area contributed by atoms with Crippen molar-refractivity contribution in [3.63, 3.8) is 0 Å². The summed E-state index contributed by atoms with van der Waals surface area (Å²) in [6, 6.07) is 0. The second-order valence-corrected chi connectivity index (χ2v) is 18.3. The van der Waals surface area contributed by atoms with E-state index in [0.717, 1.165) is 24.7 Å². The predicted octanol–water partition coefficient (Wildman–Crippen LogP) is 8.95. The Bertz CT molecular complexity index is 299. The van der Waals surface area contributed by atoms with Crippen LogP contribution in [0.5, 0.6) is 0 Å². The molecule has 0 fully saturated rings. The van der Waals surface area contributed by atoms with Crippen molar-refractivity contribution in [2.45, 2.75) is 139 Å². The Balaban J connectivity index is 0. The van der Waals surface area contributed by atoms with Crippen LogP contribution < -0.4 is 0 Å². The van der Waals surface area contributed by atoms with Crippen LogP contribution in [0.15, 0.2) is 0 Å². The van der Waals surface area contributed by atoms with Crippen LogP contribution in [0, 0.1) is 17.8 Å². The van der Waals surface area contributed by atoms with Gasteiger partial charge in [0.15, 0.2) is 0 Å². The zero-order valence-electron chi connectivity index (χ0n) is 21.3. The molecule has 3 atom stereocenters. The van der Waals surface area contributed by atoms with Gasteiger partial charge in [-0.05, 0) is 0 Å². The van der Waals surface area contributed by atoms with Gasteiger partial charge in [-0.2, -0.15) is 0 Å². The molecule has 0 aliphatic rings. The Morgan fingerprint density at radius 1 is 0.655 bits per heavy atom. The maximum atomic E-state index is 9.00. The Kier molecular flexibility index (Phi) is 24.9. The molecule has 3 unspecified atom stereocenters. The van der Waals surface area contributed by atoms with Gasteiger partial charge in [-0.1, -0.05) is 0 Å². The SMILES string of the molecule is CC(=O)O.CCCCC(CC)[CH2][SnH]([CH2]C(CC)CCCC)[CH2]C(CC)CCCC. The molecular formula is C26H56O2Sn. The van der Waals surface area contributed by atoms with Crippen LogP contribution in [-0.4, -0.2) is 30.8 Å². The first kappa shape index (κ1) is 31.5. The normalized spacial score (nSPS) is 15.1. The fourth-order valence-electron chi connectivity index (χ4n) is 4.65. The Hall–Kier alpha value is 0.269. The molecule has 0 aliphatic heterocycles. The van der Waals surface area contributed by atoms with Crippen molar-refractivity contribution >= 4 is 25.7 Å². The van der Waals surface area contributed by atoms with Crippen LogP contribution in [0.4, 0.5) is 0 Å². The van der Waals surface area contributed by atoms with Gasteiger partial charge in [-0.25, -0.2) is 0 Å². The number of unbranched alkanes of at least 4 members (excludes halogenated alkanes) is 3. The fraction of sp³-hybridized carbons (Fsp3) is 0.962. The number of carboxylic acid groups (broad SMARTS) is 1. The molecule has 0 bridgehead atoms. The first-order valence-electron chi connectivity index (χ1n) is 13.1. The topological polar surface area (TPSA) is 37.3 Å². The van der Waals surface area contributed by atoms with Gasteiger partial charge in [0.25, 0.3) is 5.97 Å². The molecule has 0 amide bonds. The molecule has 0 spiro atoms. The summed E-state index contributed by atoms with van der Waals surface area (Å²) in [6.07, 6.45) is 17.5. The van der Waals surface area contributed by atoms with Gasteiger partial charge in [-0.15, -0.1) is 0 Å². The number of rotatable bonds is 18. The van der Waals surface area contributed by atoms with E-state index in [1.165, 1.54) is 77.0 Å². The van der Waals surface area contributed by atoms with Crippen LogP contribution in [0.25, 0.3) is 0 Å². The predicted molar refractivity (Wildman–Crippen MR) is 135 cm³/mol. The van der Waals surface area contributed by atoms with Crippen LogP contribution >= 0.6 is 0 Å². The number of hydrogen-bond acceptors (Lipinski definition) is 1. The minimum atomic E-state index is -1.40. The average molecular weight is 519 g/mol. The molecule has 0 heterocycles. The third kappa shape index (κ3) is 21.3. The average Bonchev–Trinajstić information content (AvgIpc) is 2.70. The standard InChI is InChI=1S/3C8H17.C2H4O2.Sn.H/c3*1-4-6-7-8(3)5-2;1-2(3)4;;/h3*8H,3-7H2,1-2H3;1H3,(H,3,4);;. The molecule has 176 valence electrons. The van der Waals surface area contributed by atoms with Crippen molar-refractivity contribution in [2.24, 2.45) is 17.8 Å². The summed E-state index contributed by atoms with van der Waals surface area (Å²) in [5.41, 5.74) is 0. The van der Waals surface area contributed by atoms with Gasteiger partial charge in [0.05, 0.1) is 0 Å². The van der Waals surface area contributed by atoms with Crippen molar-refractivity contribution in [1.82, 2.24) is 0 Å². The van der Waals surface area contributed by atoms with Crippen molar-refractivity contribution in [2.75, 3.05) is 0 Å². The van der Waals surface area contributed by atoms with Crippen molar-refractivity contribution < 1.29 is 9.90 Å². The first-order valence-corrected chi connectivity index (χ1v) is 20.1. The number of hydrogen-bond donors (Lipinski definition) is 1. The van der Waals surface area contributed by atoms with E-state index in [4.69, 9.17) is 9.90 Å². The second-order valence-electron chi connectivity index (χ2n) is 9.34. The number of aliphatic carboxylic acids is 1. The van der Waals surface area contributed by atoms with Crippen LogP contribution in [0.1, 0.15) is 126 Å². The Labute approximate surface area is 191 Å². The molecule has 0 saturated carbocycles. The number of carboxylic acids is 1. The van der Waals surface area contributed by atoms with Crippen LogP contribution in [0.3, 0.4) is 0 Å². The Morgan fingerprint density at radius 2 is 0.897 bits per heavy atom. The molecule has 0 radical (unpaired) electrons. The molecule has 0 aromatic carbocycles. The molecule has 0 rings (SSSR count). The summed E-state index contributed by atoms with van der Waals surface area (Å²) >= 11 is -1.40. The van der Waals surface area contributed by atoms with Gasteiger partial charge >= 0.3 is 169 Å². The molecule has 0 saturated heterocycles. The fourth-order valence-corrected chi connectivity index (χ4v) is 19.2. The third-order valence-electron chi connectivity index (χ3n) is 6.63. The quantitative estimate of drug-likeness (QED) is 0.184. The van der Waals surface area contributed by atoms with Crippen molar-refractivity contribution in [3.8, 4) is 0 Å². The van der Waals surface area contributed by atoms with Crippen LogP contribution in [0.2, 0.25) is 13.3 Å². The van der Waals surface area contributed by atoms with E-state index in [-0.39, 0.29) is 0 Å². The van der Waals surface area contributed by atoms with E-state index < -0.39 is 25.7 Å². The first-order chi connectivity index (χ1) is 13.9. The van der Waals surface area contributed by atoms with Gasteiger partial charge in [-0.3, -0.25) is 4.79 Å². The maximum absolute atomic E-state index is 9.00. The summed E-state index contributed by atoms with van der Waals surface area (Å²) < 4.78 is 5.18. The second kappa shape index (κ2) is 22.9. The third-order valence-corrected chi connectivity index (χ3v) is 18.0. The van der Waals surface area contributed by atoms with Crippen molar-refractivity contribution in [3.05, 3.63) is 0 Å². The van der Waals surface area contributed by atoms with Gasteiger partial charge in [0.1, 0.15) is 0 Å². The van der Waals surface area contributed by atoms with E-state index in [0.29, 0.717) is 0 Å². The molecule has 0 aliphatic carbocycles. The molecule has 0 aromatic rings. The summed E-state index contributed by atoms with van der Waals surface area (Å²) in [5, 5.41) is 7.42. The van der Waals surface area contributed by atoms with Gasteiger partial charge < -0.3 is 5.11 Å². The molecule has 0 aromatic heterocycles. The van der Waals surface area contributed by atoms with E-state index >= 15 is 0 Å². The minimum absolute atomic E-state index is 0.833. The van der Waals surface area contributed by atoms with Crippen molar-refractivity contribution in [1.29, 1.82) is 0 Å².